The van der Waals surface area contributed by atoms with Crippen molar-refractivity contribution < 1.29 is 19.1 Å². The molecule has 0 spiro atoms. The first-order valence-electron chi connectivity index (χ1n) is 7.50. The molecule has 2 atom stereocenters. The lowest BCUT2D eigenvalue weighted by Crippen LogP contribution is -2.45. The van der Waals surface area contributed by atoms with Crippen LogP contribution in [0.15, 0.2) is 30.3 Å². The molecule has 0 saturated carbocycles. The lowest BCUT2D eigenvalue weighted by Gasteiger charge is -2.17. The van der Waals surface area contributed by atoms with E-state index in [0.29, 0.717) is 12.2 Å². The summed E-state index contributed by atoms with van der Waals surface area (Å²) >= 11 is 1.53. The fraction of sp³-hybridized carbons (Fsp3) is 0.438. The Labute approximate surface area is 145 Å². The third-order valence-electron chi connectivity index (χ3n) is 3.23. The van der Waals surface area contributed by atoms with Crippen LogP contribution in [0.1, 0.15) is 24.9 Å². The largest absolute Gasteiger partial charge is 0.454 e. The average Bonchev–Trinajstić information content (AvgIpc) is 2.56. The van der Waals surface area contributed by atoms with E-state index in [1.54, 1.807) is 0 Å². The van der Waals surface area contributed by atoms with Crippen LogP contribution < -0.4 is 16.4 Å². The molecule has 0 saturated heterocycles. The molecule has 1 aromatic rings. The van der Waals surface area contributed by atoms with E-state index >= 15 is 0 Å². The Bertz CT molecular complexity index is 554. The van der Waals surface area contributed by atoms with Gasteiger partial charge in [-0.3, -0.25) is 4.79 Å². The molecule has 0 aliphatic heterocycles. The van der Waals surface area contributed by atoms with Gasteiger partial charge in [-0.1, -0.05) is 30.3 Å². The number of carbonyl (C=O) groups excluding carboxylic acids is 3. The Morgan fingerprint density at radius 2 is 1.88 bits per heavy atom. The first-order valence-corrected chi connectivity index (χ1v) is 8.89. The van der Waals surface area contributed by atoms with Crippen LogP contribution in [0.25, 0.3) is 0 Å². The molecule has 8 heteroatoms. The van der Waals surface area contributed by atoms with E-state index in [2.05, 4.69) is 10.6 Å². The molecule has 0 aliphatic carbocycles. The van der Waals surface area contributed by atoms with Crippen molar-refractivity contribution in [1.29, 1.82) is 0 Å². The number of esters is 1. The average molecular weight is 353 g/mol. The van der Waals surface area contributed by atoms with Gasteiger partial charge in [0.05, 0.1) is 6.04 Å². The Balaban J connectivity index is 2.45. The second-order valence-electron chi connectivity index (χ2n) is 5.15. The second-order valence-corrected chi connectivity index (χ2v) is 6.14. The van der Waals surface area contributed by atoms with Gasteiger partial charge in [-0.2, -0.15) is 11.8 Å². The molecule has 0 heterocycles. The molecule has 0 aliphatic rings. The summed E-state index contributed by atoms with van der Waals surface area (Å²) in [5.41, 5.74) is 5.99. The highest BCUT2D eigenvalue weighted by molar-refractivity contribution is 7.98. The van der Waals surface area contributed by atoms with Gasteiger partial charge >= 0.3 is 12.0 Å². The van der Waals surface area contributed by atoms with Crippen LogP contribution in [-0.4, -0.2) is 42.6 Å². The summed E-state index contributed by atoms with van der Waals surface area (Å²) in [5.74, 6) is -0.440. The molecule has 4 N–H and O–H groups in total. The highest BCUT2D eigenvalue weighted by atomic mass is 32.2. The number of carbonyl (C=O) groups is 3. The minimum absolute atomic E-state index is 0.201. The molecular formula is C16H23N3O4S. The normalized spacial score (nSPS) is 12.8. The molecule has 7 nitrogen and oxygen atoms in total. The number of primary amides is 1. The zero-order chi connectivity index (χ0) is 17.9. The zero-order valence-corrected chi connectivity index (χ0v) is 14.6. The van der Waals surface area contributed by atoms with Crippen molar-refractivity contribution >= 4 is 29.7 Å². The van der Waals surface area contributed by atoms with Crippen molar-refractivity contribution in [2.24, 2.45) is 5.73 Å². The molecule has 132 valence electrons. The zero-order valence-electron chi connectivity index (χ0n) is 13.8. The number of ether oxygens (including phenoxy) is 1. The van der Waals surface area contributed by atoms with Crippen LogP contribution in [0.5, 0.6) is 0 Å². The van der Waals surface area contributed by atoms with E-state index in [1.165, 1.54) is 11.8 Å². The molecule has 3 amide bonds. The van der Waals surface area contributed by atoms with Gasteiger partial charge in [0.15, 0.2) is 6.61 Å². The molecule has 0 aromatic heterocycles. The number of hydrogen-bond donors (Lipinski definition) is 3. The van der Waals surface area contributed by atoms with Gasteiger partial charge in [0.25, 0.3) is 5.91 Å². The smallest absolute Gasteiger partial charge is 0.329 e. The van der Waals surface area contributed by atoms with Crippen LogP contribution in [0.4, 0.5) is 4.79 Å². The number of nitrogens with one attached hydrogen (secondary N) is 2. The number of amides is 3. The molecule has 0 radical (unpaired) electrons. The van der Waals surface area contributed by atoms with Gasteiger partial charge in [-0.25, -0.2) is 9.59 Å². The third-order valence-corrected chi connectivity index (χ3v) is 3.88. The van der Waals surface area contributed by atoms with Crippen LogP contribution in [0, 0.1) is 0 Å². The molecule has 0 fully saturated rings. The van der Waals surface area contributed by atoms with Crippen molar-refractivity contribution in [3.8, 4) is 0 Å². The van der Waals surface area contributed by atoms with E-state index in [1.807, 2.05) is 43.5 Å². The van der Waals surface area contributed by atoms with E-state index in [9.17, 15) is 14.4 Å². The fourth-order valence-corrected chi connectivity index (χ4v) is 2.47. The summed E-state index contributed by atoms with van der Waals surface area (Å²) in [6, 6.07) is 7.58. The SMILES string of the molecule is CSCC[C@H](NC(N)=O)C(=O)OCC(=O)N[C@H](C)c1ccccc1. The lowest BCUT2D eigenvalue weighted by molar-refractivity contribution is -0.150. The summed E-state index contributed by atoms with van der Waals surface area (Å²) in [6.07, 6.45) is 2.26. The topological polar surface area (TPSA) is 111 Å². The van der Waals surface area contributed by atoms with E-state index in [-0.39, 0.29) is 6.04 Å². The maximum Gasteiger partial charge on any atom is 0.329 e. The summed E-state index contributed by atoms with van der Waals surface area (Å²) in [5, 5.41) is 5.07. The number of hydrogen-bond acceptors (Lipinski definition) is 5. The fourth-order valence-electron chi connectivity index (χ4n) is 2.00. The first-order chi connectivity index (χ1) is 11.4. The Morgan fingerprint density at radius 3 is 2.46 bits per heavy atom. The maximum absolute atomic E-state index is 12.0. The van der Waals surface area contributed by atoms with Crippen molar-refractivity contribution in [3.05, 3.63) is 35.9 Å². The van der Waals surface area contributed by atoms with Gasteiger partial charge in [0, 0.05) is 0 Å². The maximum atomic E-state index is 12.0. The monoisotopic (exact) mass is 353 g/mol. The van der Waals surface area contributed by atoms with Crippen LogP contribution >= 0.6 is 11.8 Å². The third kappa shape index (κ3) is 7.36. The number of urea groups is 1. The Hall–Kier alpha value is -2.22. The summed E-state index contributed by atoms with van der Waals surface area (Å²) < 4.78 is 4.97. The standard InChI is InChI=1S/C16H23N3O4S/c1-11(12-6-4-3-5-7-12)18-14(20)10-23-15(21)13(8-9-24-2)19-16(17)22/h3-7,11,13H,8-10H2,1-2H3,(H,18,20)(H3,17,19,22)/t11-,13+/m1/s1. The second kappa shape index (κ2) is 10.5. The van der Waals surface area contributed by atoms with Crippen molar-refractivity contribution in [3.63, 3.8) is 0 Å². The summed E-state index contributed by atoms with van der Waals surface area (Å²) in [7, 11) is 0. The van der Waals surface area contributed by atoms with Crippen molar-refractivity contribution in [2.75, 3.05) is 18.6 Å². The minimum Gasteiger partial charge on any atom is -0.454 e. The predicted octanol–water partition coefficient (Wildman–Crippen LogP) is 1.20. The Kier molecular flexibility index (Phi) is 8.70. The number of nitrogens with two attached hydrogens (primary N) is 1. The molecule has 24 heavy (non-hydrogen) atoms. The highest BCUT2D eigenvalue weighted by Gasteiger charge is 2.22. The summed E-state index contributed by atoms with van der Waals surface area (Å²) in [6.45, 7) is 1.43. The van der Waals surface area contributed by atoms with Crippen LogP contribution in [0.2, 0.25) is 0 Å². The number of thioether (sulfide) groups is 1. The highest BCUT2D eigenvalue weighted by Crippen LogP contribution is 2.10. The van der Waals surface area contributed by atoms with Crippen LogP contribution in [0.3, 0.4) is 0 Å². The van der Waals surface area contributed by atoms with Crippen molar-refractivity contribution in [2.45, 2.75) is 25.4 Å². The molecule has 1 aromatic carbocycles. The lowest BCUT2D eigenvalue weighted by atomic mass is 10.1. The minimum atomic E-state index is -0.853. The van der Waals surface area contributed by atoms with Gasteiger partial charge < -0.3 is 21.1 Å². The number of benzene rings is 1. The first kappa shape index (κ1) is 19.8. The molecular weight excluding hydrogens is 330 g/mol. The van der Waals surface area contributed by atoms with Crippen molar-refractivity contribution in [1.82, 2.24) is 10.6 Å². The van der Waals surface area contributed by atoms with Gasteiger partial charge in [0.2, 0.25) is 0 Å². The molecule has 1 rings (SSSR count). The van der Waals surface area contributed by atoms with E-state index in [4.69, 9.17) is 10.5 Å². The van der Waals surface area contributed by atoms with Crippen LogP contribution in [-0.2, 0) is 14.3 Å². The van der Waals surface area contributed by atoms with Gasteiger partial charge in [-0.05, 0) is 30.9 Å². The quantitative estimate of drug-likeness (QED) is 0.578. The van der Waals surface area contributed by atoms with Gasteiger partial charge in [0.1, 0.15) is 6.04 Å². The molecule has 0 bridgehead atoms. The summed E-state index contributed by atoms with van der Waals surface area (Å²) in [4.78, 5) is 34.8. The predicted molar refractivity (Wildman–Crippen MR) is 93.5 cm³/mol. The molecule has 0 unspecified atom stereocenters. The Morgan fingerprint density at radius 1 is 1.21 bits per heavy atom. The number of rotatable bonds is 9. The van der Waals surface area contributed by atoms with E-state index in [0.717, 1.165) is 5.56 Å². The van der Waals surface area contributed by atoms with E-state index < -0.39 is 30.6 Å². The van der Waals surface area contributed by atoms with Gasteiger partial charge in [-0.15, -0.1) is 0 Å².